The lowest BCUT2D eigenvalue weighted by atomic mass is 10.1. The Labute approximate surface area is 215 Å². The first-order chi connectivity index (χ1) is 16.7. The van der Waals surface area contributed by atoms with Crippen LogP contribution in [0.25, 0.3) is 0 Å². The summed E-state index contributed by atoms with van der Waals surface area (Å²) in [4.78, 5) is 15.0. The third kappa shape index (κ3) is 7.22. The number of carbonyl (C=O) groups is 1. The molecule has 0 saturated heterocycles. The smallest absolute Gasteiger partial charge is 0.328 e. The fourth-order valence-electron chi connectivity index (χ4n) is 3.81. The molecule has 0 bridgehead atoms. The van der Waals surface area contributed by atoms with E-state index in [1.54, 1.807) is 26.2 Å². The summed E-state index contributed by atoms with van der Waals surface area (Å²) in [6.45, 7) is 4.91. The predicted molar refractivity (Wildman–Crippen MR) is 143 cm³/mol. The minimum Gasteiger partial charge on any atom is -0.497 e. The van der Waals surface area contributed by atoms with Crippen LogP contribution in [0.3, 0.4) is 0 Å². The van der Waals surface area contributed by atoms with Crippen molar-refractivity contribution < 1.29 is 17.9 Å². The van der Waals surface area contributed by atoms with Gasteiger partial charge in [-0.05, 0) is 67.8 Å². The van der Waals surface area contributed by atoms with Gasteiger partial charge in [-0.15, -0.1) is 0 Å². The van der Waals surface area contributed by atoms with Crippen LogP contribution in [0, 0.1) is 6.92 Å². The van der Waals surface area contributed by atoms with Gasteiger partial charge in [0.15, 0.2) is 0 Å². The SMILES string of the molecule is CCN(CC(Cc1ccccc1)NC(=O)NS(=O)(=O)c1cccc(Br)c1C)c1ccc(OC)cc1. The average Bonchev–Trinajstić information content (AvgIpc) is 2.84. The molecule has 3 aromatic rings. The number of hydrogen-bond acceptors (Lipinski definition) is 5. The Kier molecular flexibility index (Phi) is 9.17. The van der Waals surface area contributed by atoms with Crippen molar-refractivity contribution in [2.75, 3.05) is 25.1 Å². The number of likely N-dealkylation sites (N-methyl/N-ethyl adjacent to an activating group) is 1. The van der Waals surface area contributed by atoms with Crippen LogP contribution in [0.5, 0.6) is 5.75 Å². The molecule has 0 aliphatic heterocycles. The van der Waals surface area contributed by atoms with Gasteiger partial charge in [0.05, 0.1) is 18.0 Å². The van der Waals surface area contributed by atoms with Crippen LogP contribution in [0.2, 0.25) is 0 Å². The second kappa shape index (κ2) is 12.1. The van der Waals surface area contributed by atoms with Crippen molar-refractivity contribution in [3.05, 3.63) is 88.4 Å². The van der Waals surface area contributed by atoms with Gasteiger partial charge in [0.1, 0.15) is 5.75 Å². The molecule has 0 aromatic heterocycles. The topological polar surface area (TPSA) is 87.7 Å². The van der Waals surface area contributed by atoms with Crippen molar-refractivity contribution in [1.82, 2.24) is 10.0 Å². The van der Waals surface area contributed by atoms with Crippen molar-refractivity contribution >= 4 is 37.7 Å². The molecule has 1 atom stereocenters. The highest BCUT2D eigenvalue weighted by molar-refractivity contribution is 9.10. The van der Waals surface area contributed by atoms with E-state index >= 15 is 0 Å². The monoisotopic (exact) mass is 559 g/mol. The first-order valence-electron chi connectivity index (χ1n) is 11.2. The molecule has 0 aliphatic carbocycles. The lowest BCUT2D eigenvalue weighted by molar-refractivity contribution is 0.242. The number of amides is 2. The molecule has 3 rings (SSSR count). The molecule has 0 aliphatic rings. The van der Waals surface area contributed by atoms with E-state index < -0.39 is 16.1 Å². The molecule has 0 spiro atoms. The summed E-state index contributed by atoms with van der Waals surface area (Å²) in [6.07, 6.45) is 0.539. The number of hydrogen-bond donors (Lipinski definition) is 2. The van der Waals surface area contributed by atoms with Gasteiger partial charge in [-0.25, -0.2) is 17.9 Å². The summed E-state index contributed by atoms with van der Waals surface area (Å²) in [7, 11) is -2.42. The molecule has 0 saturated carbocycles. The average molecular weight is 561 g/mol. The van der Waals surface area contributed by atoms with Gasteiger partial charge in [0, 0.05) is 23.2 Å². The zero-order valence-electron chi connectivity index (χ0n) is 20.0. The van der Waals surface area contributed by atoms with E-state index in [4.69, 9.17) is 4.74 Å². The van der Waals surface area contributed by atoms with Gasteiger partial charge in [-0.3, -0.25) is 0 Å². The summed E-state index contributed by atoms with van der Waals surface area (Å²) < 4.78 is 33.9. The Morgan fingerprint density at radius 3 is 2.34 bits per heavy atom. The Morgan fingerprint density at radius 2 is 1.71 bits per heavy atom. The maximum absolute atomic E-state index is 12.9. The zero-order chi connectivity index (χ0) is 25.4. The summed E-state index contributed by atoms with van der Waals surface area (Å²) in [5, 5.41) is 2.88. The number of ether oxygens (including phenoxy) is 1. The number of rotatable bonds is 10. The first-order valence-corrected chi connectivity index (χ1v) is 13.5. The van der Waals surface area contributed by atoms with Crippen molar-refractivity contribution in [3.63, 3.8) is 0 Å². The van der Waals surface area contributed by atoms with Crippen molar-refractivity contribution in [2.24, 2.45) is 0 Å². The molecule has 9 heteroatoms. The highest BCUT2D eigenvalue weighted by Crippen LogP contribution is 2.23. The van der Waals surface area contributed by atoms with Crippen LogP contribution >= 0.6 is 15.9 Å². The number of anilines is 1. The quantitative estimate of drug-likeness (QED) is 0.369. The van der Waals surface area contributed by atoms with Crippen LogP contribution < -0.4 is 19.7 Å². The lowest BCUT2D eigenvalue weighted by Crippen LogP contribution is -2.50. The van der Waals surface area contributed by atoms with Gasteiger partial charge in [0.2, 0.25) is 0 Å². The number of carbonyl (C=O) groups excluding carboxylic acids is 1. The van der Waals surface area contributed by atoms with E-state index in [0.717, 1.165) is 17.0 Å². The van der Waals surface area contributed by atoms with Crippen LogP contribution in [0.4, 0.5) is 10.5 Å². The number of sulfonamides is 1. The third-order valence-corrected chi connectivity index (χ3v) is 7.99. The van der Waals surface area contributed by atoms with E-state index in [1.165, 1.54) is 6.07 Å². The summed E-state index contributed by atoms with van der Waals surface area (Å²) in [5.41, 5.74) is 2.55. The van der Waals surface area contributed by atoms with Crippen LogP contribution in [0.15, 0.2) is 82.2 Å². The second-order valence-corrected chi connectivity index (χ2v) is 10.6. The zero-order valence-corrected chi connectivity index (χ0v) is 22.4. The molecule has 1 unspecified atom stereocenters. The fourth-order valence-corrected chi connectivity index (χ4v) is 5.49. The fraction of sp³-hybridized carbons (Fsp3) is 0.269. The normalized spacial score (nSPS) is 12.0. The van der Waals surface area contributed by atoms with Crippen LogP contribution in [0.1, 0.15) is 18.1 Å². The summed E-state index contributed by atoms with van der Waals surface area (Å²) in [5.74, 6) is 0.760. The molecule has 186 valence electrons. The second-order valence-electron chi connectivity index (χ2n) is 8.07. The first kappa shape index (κ1) is 26.6. The standard InChI is InChI=1S/C26H30BrN3O4S/c1-4-30(22-13-15-23(34-3)16-14-22)18-21(17-20-9-6-5-7-10-20)28-26(31)29-35(32,33)25-12-8-11-24(27)19(25)2/h5-16,21H,4,17-18H2,1-3H3,(H2,28,29,31). The summed E-state index contributed by atoms with van der Waals surface area (Å²) >= 11 is 3.34. The Bertz CT molecular complexity index is 1240. The number of methoxy groups -OCH3 is 1. The van der Waals surface area contributed by atoms with Gasteiger partial charge in [0.25, 0.3) is 10.0 Å². The van der Waals surface area contributed by atoms with E-state index in [0.29, 0.717) is 29.5 Å². The highest BCUT2D eigenvalue weighted by Gasteiger charge is 2.23. The highest BCUT2D eigenvalue weighted by atomic mass is 79.9. The summed E-state index contributed by atoms with van der Waals surface area (Å²) in [6, 6.07) is 21.2. The Balaban J connectivity index is 1.79. The van der Waals surface area contributed by atoms with Crippen molar-refractivity contribution in [1.29, 1.82) is 0 Å². The van der Waals surface area contributed by atoms with E-state index in [-0.39, 0.29) is 10.9 Å². The molecule has 35 heavy (non-hydrogen) atoms. The number of benzene rings is 3. The van der Waals surface area contributed by atoms with Crippen LogP contribution in [-0.4, -0.2) is 40.7 Å². The number of nitrogens with one attached hydrogen (secondary N) is 2. The lowest BCUT2D eigenvalue weighted by Gasteiger charge is -2.29. The molecule has 0 radical (unpaired) electrons. The van der Waals surface area contributed by atoms with Gasteiger partial charge in [-0.2, -0.15) is 0 Å². The van der Waals surface area contributed by atoms with Gasteiger partial charge in [-0.1, -0.05) is 52.3 Å². The molecule has 3 aromatic carbocycles. The molecule has 2 N–H and O–H groups in total. The van der Waals surface area contributed by atoms with Crippen LogP contribution in [-0.2, 0) is 16.4 Å². The van der Waals surface area contributed by atoms with E-state index in [9.17, 15) is 13.2 Å². The van der Waals surface area contributed by atoms with Crippen molar-refractivity contribution in [3.8, 4) is 5.75 Å². The number of nitrogens with zero attached hydrogens (tertiary/aromatic N) is 1. The Hall–Kier alpha value is -3.04. The van der Waals surface area contributed by atoms with Crippen molar-refractivity contribution in [2.45, 2.75) is 31.2 Å². The predicted octanol–water partition coefficient (Wildman–Crippen LogP) is 4.89. The van der Waals surface area contributed by atoms with Gasteiger partial charge >= 0.3 is 6.03 Å². The van der Waals surface area contributed by atoms with Gasteiger partial charge < -0.3 is 15.0 Å². The van der Waals surface area contributed by atoms with E-state index in [2.05, 4.69) is 30.9 Å². The molecule has 0 fully saturated rings. The third-order valence-electron chi connectivity index (χ3n) is 5.65. The Morgan fingerprint density at radius 1 is 1.03 bits per heavy atom. The maximum Gasteiger partial charge on any atom is 0.328 e. The molecule has 2 amide bonds. The number of urea groups is 1. The minimum absolute atomic E-state index is 0.0510. The largest absolute Gasteiger partial charge is 0.497 e. The number of halogens is 1. The molecular weight excluding hydrogens is 530 g/mol. The minimum atomic E-state index is -4.04. The molecule has 0 heterocycles. The molecular formula is C26H30BrN3O4S. The molecule has 7 nitrogen and oxygen atoms in total. The maximum atomic E-state index is 12.9. The van der Waals surface area contributed by atoms with E-state index in [1.807, 2.05) is 61.5 Å².